The second-order valence-electron chi connectivity index (χ2n) is 13.2. The van der Waals surface area contributed by atoms with Crippen molar-refractivity contribution in [2.24, 2.45) is 0 Å². The normalized spacial score (nSPS) is 15.6. The Labute approximate surface area is 289 Å². The first-order valence-electron chi connectivity index (χ1n) is 15.9. The molecule has 6 rings (SSSR count). The lowest BCUT2D eigenvalue weighted by Crippen LogP contribution is -2.46. The molecule has 1 unspecified atom stereocenters. The Morgan fingerprint density at radius 1 is 1.06 bits per heavy atom. The van der Waals surface area contributed by atoms with Crippen LogP contribution in [0.1, 0.15) is 81.1 Å². The minimum Gasteiger partial charge on any atom is -0.389 e. The largest absolute Gasteiger partial charge is 0.389 e. The standard InChI is InChI=1S/C36H37Cl2FN8O/c1-21(48)22-6-5-7-23(14-22)34(32-20-47(45-44-32)27-10-12-46(13-11-27)36(2,3)4)43-31-16-25(37)15-28-33(24(18-40)19-41-35(28)31)42-26-8-9-30(39)29(38)17-26/h5-9,14-17,19-21,27,34,43,48H,10-13H2,1-4H3,(H,41,42)/t21?,34-/m0/s1. The van der Waals surface area contributed by atoms with Crippen LogP contribution in [0.3, 0.4) is 0 Å². The van der Waals surface area contributed by atoms with Crippen molar-refractivity contribution in [2.45, 2.75) is 64.3 Å². The predicted molar refractivity (Wildman–Crippen MR) is 188 cm³/mol. The van der Waals surface area contributed by atoms with Crippen LogP contribution in [0.4, 0.5) is 21.5 Å². The number of nitrogens with one attached hydrogen (secondary N) is 2. The number of halogens is 3. The van der Waals surface area contributed by atoms with Gasteiger partial charge in [0.2, 0.25) is 0 Å². The van der Waals surface area contributed by atoms with Gasteiger partial charge >= 0.3 is 0 Å². The lowest BCUT2D eigenvalue weighted by Gasteiger charge is -2.40. The van der Waals surface area contributed by atoms with Gasteiger partial charge in [0.15, 0.2) is 0 Å². The first kappa shape index (κ1) is 33.6. The topological polar surface area (TPSA) is 115 Å². The summed E-state index contributed by atoms with van der Waals surface area (Å²) in [6.07, 6.45) is 4.74. The summed E-state index contributed by atoms with van der Waals surface area (Å²) in [4.78, 5) is 7.16. The molecule has 0 aliphatic carbocycles. The molecule has 0 radical (unpaired) electrons. The first-order chi connectivity index (χ1) is 22.9. The number of aromatic nitrogens is 4. The SMILES string of the molecule is CC(O)c1cccc([C@H](Nc2cc(Cl)cc3c(Nc4ccc(F)c(Cl)c4)c(C#N)cnc23)c2cn(C3CCN(C(C)(C)C)CC3)nn2)c1. The monoisotopic (exact) mass is 686 g/mol. The zero-order chi connectivity index (χ0) is 34.2. The maximum Gasteiger partial charge on any atom is 0.141 e. The molecule has 2 aromatic heterocycles. The average molecular weight is 688 g/mol. The van der Waals surface area contributed by atoms with Crippen LogP contribution in [-0.2, 0) is 0 Å². The van der Waals surface area contributed by atoms with E-state index in [9.17, 15) is 14.8 Å². The summed E-state index contributed by atoms with van der Waals surface area (Å²) < 4.78 is 15.9. The number of anilines is 3. The van der Waals surface area contributed by atoms with Crippen molar-refractivity contribution in [3.63, 3.8) is 0 Å². The molecule has 1 saturated heterocycles. The quantitative estimate of drug-likeness (QED) is 0.149. The number of aliphatic hydroxyl groups is 1. The van der Waals surface area contributed by atoms with Gasteiger partial charge in [0, 0.05) is 40.9 Å². The second-order valence-corrected chi connectivity index (χ2v) is 14.0. The Kier molecular flexibility index (Phi) is 9.59. The predicted octanol–water partition coefficient (Wildman–Crippen LogP) is 8.58. The maximum absolute atomic E-state index is 13.9. The van der Waals surface area contributed by atoms with Crippen LogP contribution in [0, 0.1) is 17.1 Å². The highest BCUT2D eigenvalue weighted by molar-refractivity contribution is 6.32. The highest BCUT2D eigenvalue weighted by Crippen LogP contribution is 2.38. The van der Waals surface area contributed by atoms with E-state index in [1.165, 1.54) is 18.3 Å². The van der Waals surface area contributed by atoms with Gasteiger partial charge in [-0.2, -0.15) is 5.26 Å². The van der Waals surface area contributed by atoms with Gasteiger partial charge in [0.25, 0.3) is 0 Å². The molecule has 248 valence electrons. The molecule has 3 heterocycles. The Hall–Kier alpha value is -4.27. The molecule has 48 heavy (non-hydrogen) atoms. The molecule has 3 N–H and O–H groups in total. The highest BCUT2D eigenvalue weighted by atomic mass is 35.5. The van der Waals surface area contributed by atoms with Crippen molar-refractivity contribution in [2.75, 3.05) is 23.7 Å². The van der Waals surface area contributed by atoms with E-state index in [0.717, 1.165) is 37.1 Å². The molecule has 9 nitrogen and oxygen atoms in total. The van der Waals surface area contributed by atoms with Gasteiger partial charge in [-0.25, -0.2) is 9.07 Å². The Morgan fingerprint density at radius 2 is 1.81 bits per heavy atom. The van der Waals surface area contributed by atoms with Crippen molar-refractivity contribution >= 4 is 51.2 Å². The van der Waals surface area contributed by atoms with Crippen LogP contribution in [0.2, 0.25) is 10.0 Å². The number of hydrogen-bond donors (Lipinski definition) is 3. The lowest BCUT2D eigenvalue weighted by molar-refractivity contribution is 0.0866. The zero-order valence-electron chi connectivity index (χ0n) is 27.2. The summed E-state index contributed by atoms with van der Waals surface area (Å²) in [5, 5.41) is 37.4. The number of hydrogen-bond acceptors (Lipinski definition) is 8. The number of pyridine rings is 1. The van der Waals surface area contributed by atoms with E-state index in [1.807, 2.05) is 35.1 Å². The van der Waals surface area contributed by atoms with Gasteiger partial charge in [-0.1, -0.05) is 52.7 Å². The number of rotatable bonds is 8. The third-order valence-electron chi connectivity index (χ3n) is 8.88. The minimum atomic E-state index is -0.666. The lowest BCUT2D eigenvalue weighted by atomic mass is 9.97. The van der Waals surface area contributed by atoms with E-state index >= 15 is 0 Å². The molecule has 1 fully saturated rings. The Balaban J connectivity index is 1.40. The van der Waals surface area contributed by atoms with Crippen molar-refractivity contribution in [1.29, 1.82) is 5.26 Å². The van der Waals surface area contributed by atoms with E-state index in [1.54, 1.807) is 25.1 Å². The summed E-state index contributed by atoms with van der Waals surface area (Å²) >= 11 is 12.8. The smallest absolute Gasteiger partial charge is 0.141 e. The van der Waals surface area contributed by atoms with Crippen LogP contribution in [0.25, 0.3) is 10.9 Å². The van der Waals surface area contributed by atoms with E-state index in [0.29, 0.717) is 38.7 Å². The van der Waals surface area contributed by atoms with Crippen LogP contribution in [0.15, 0.2) is 67.0 Å². The molecule has 5 aromatic rings. The van der Waals surface area contributed by atoms with E-state index in [-0.39, 0.29) is 22.2 Å². The number of benzene rings is 3. The molecule has 1 aliphatic heterocycles. The minimum absolute atomic E-state index is 0.0488. The van der Waals surface area contributed by atoms with Crippen LogP contribution >= 0.6 is 23.2 Å². The Morgan fingerprint density at radius 3 is 2.50 bits per heavy atom. The molecule has 0 saturated carbocycles. The van der Waals surface area contributed by atoms with E-state index in [2.05, 4.69) is 57.7 Å². The fourth-order valence-electron chi connectivity index (χ4n) is 6.20. The molecular formula is C36H37Cl2FN8O. The summed E-state index contributed by atoms with van der Waals surface area (Å²) in [6, 6.07) is 17.4. The summed E-state index contributed by atoms with van der Waals surface area (Å²) in [6.45, 7) is 10.4. The van der Waals surface area contributed by atoms with Gasteiger partial charge in [-0.05, 0) is 82.0 Å². The third-order valence-corrected chi connectivity index (χ3v) is 9.39. The van der Waals surface area contributed by atoms with Gasteiger partial charge in [-0.15, -0.1) is 5.10 Å². The molecule has 1 aliphatic rings. The Bertz CT molecular complexity index is 1990. The summed E-state index contributed by atoms with van der Waals surface area (Å²) in [5.74, 6) is -0.546. The van der Waals surface area contributed by atoms with Gasteiger partial charge < -0.3 is 15.7 Å². The molecule has 0 spiro atoms. The summed E-state index contributed by atoms with van der Waals surface area (Å²) in [7, 11) is 0. The number of aliphatic hydroxyl groups excluding tert-OH is 1. The van der Waals surface area contributed by atoms with E-state index < -0.39 is 18.0 Å². The molecule has 12 heteroatoms. The molecule has 2 atom stereocenters. The average Bonchev–Trinajstić information content (AvgIpc) is 3.55. The fourth-order valence-corrected chi connectivity index (χ4v) is 6.60. The highest BCUT2D eigenvalue weighted by Gasteiger charge is 2.29. The van der Waals surface area contributed by atoms with Crippen molar-refractivity contribution in [3.8, 4) is 6.07 Å². The number of nitriles is 1. The molecule has 0 amide bonds. The van der Waals surface area contributed by atoms with Crippen LogP contribution in [-0.4, -0.2) is 48.6 Å². The first-order valence-corrected chi connectivity index (χ1v) is 16.6. The number of piperidine rings is 1. The number of likely N-dealkylation sites (tertiary alicyclic amines) is 1. The molecule has 3 aromatic carbocycles. The van der Waals surface area contributed by atoms with Crippen molar-refractivity contribution < 1.29 is 9.50 Å². The third kappa shape index (κ3) is 7.10. The van der Waals surface area contributed by atoms with Crippen molar-refractivity contribution in [3.05, 3.63) is 105 Å². The fraction of sp³-hybridized carbons (Fsp3) is 0.333. The summed E-state index contributed by atoms with van der Waals surface area (Å²) in [5.41, 5.74) is 4.81. The van der Waals surface area contributed by atoms with E-state index in [4.69, 9.17) is 23.2 Å². The van der Waals surface area contributed by atoms with Gasteiger partial charge in [-0.3, -0.25) is 9.88 Å². The van der Waals surface area contributed by atoms with Crippen LogP contribution < -0.4 is 10.6 Å². The second kappa shape index (κ2) is 13.7. The molecular weight excluding hydrogens is 650 g/mol. The van der Waals surface area contributed by atoms with Crippen molar-refractivity contribution in [1.82, 2.24) is 24.9 Å². The zero-order valence-corrected chi connectivity index (χ0v) is 28.7. The number of nitrogens with zero attached hydrogens (tertiary/aromatic N) is 6. The maximum atomic E-state index is 13.9. The van der Waals surface area contributed by atoms with Crippen LogP contribution in [0.5, 0.6) is 0 Å². The molecule has 0 bridgehead atoms. The van der Waals surface area contributed by atoms with Gasteiger partial charge in [0.1, 0.15) is 17.6 Å². The number of fused-ring (bicyclic) bond motifs is 1. The van der Waals surface area contributed by atoms with Gasteiger partial charge in [0.05, 0.1) is 51.9 Å².